The normalized spacial score (nSPS) is 12.7. The molecule has 1 aromatic rings. The maximum absolute atomic E-state index is 12.7. The molecule has 16 heavy (non-hydrogen) atoms. The van der Waals surface area contributed by atoms with Gasteiger partial charge in [-0.3, -0.25) is 5.41 Å². The third-order valence-electron chi connectivity index (χ3n) is 2.33. The number of nitrogens with one attached hydrogen (secondary N) is 1. The zero-order valence-corrected chi connectivity index (χ0v) is 9.02. The lowest BCUT2D eigenvalue weighted by atomic mass is 9.98. The van der Waals surface area contributed by atoms with Crippen LogP contribution >= 0.6 is 0 Å². The van der Waals surface area contributed by atoms with E-state index in [1.807, 2.05) is 0 Å². The van der Waals surface area contributed by atoms with E-state index in [0.29, 0.717) is 5.57 Å². The molecule has 0 amide bonds. The summed E-state index contributed by atoms with van der Waals surface area (Å²) in [6.45, 7) is 3.32. The van der Waals surface area contributed by atoms with Gasteiger partial charge in [-0.15, -0.1) is 0 Å². The molecule has 86 valence electrons. The van der Waals surface area contributed by atoms with Crippen molar-refractivity contribution in [2.24, 2.45) is 0 Å². The standard InChI is InChI=1S/C12H12F3N/c1-3-8(2)11(16)9-6-4-5-7-10(9)12(13,14)15/h3-7,16H,1-2H3. The Labute approximate surface area is 92.1 Å². The van der Waals surface area contributed by atoms with E-state index in [4.69, 9.17) is 5.41 Å². The SMILES string of the molecule is CC=C(C)C(=N)c1ccccc1C(F)(F)F. The highest BCUT2D eigenvalue weighted by Crippen LogP contribution is 2.32. The molecule has 0 spiro atoms. The van der Waals surface area contributed by atoms with E-state index in [0.717, 1.165) is 6.07 Å². The number of allylic oxidation sites excluding steroid dienone is 2. The number of halogens is 3. The molecule has 0 aliphatic heterocycles. The van der Waals surface area contributed by atoms with E-state index < -0.39 is 11.7 Å². The van der Waals surface area contributed by atoms with Crippen LogP contribution in [0, 0.1) is 5.41 Å². The summed E-state index contributed by atoms with van der Waals surface area (Å²) in [5, 5.41) is 7.69. The average Bonchev–Trinajstić information content (AvgIpc) is 2.26. The second-order valence-electron chi connectivity index (χ2n) is 3.39. The summed E-state index contributed by atoms with van der Waals surface area (Å²) >= 11 is 0. The molecular formula is C12H12F3N. The molecule has 0 atom stereocenters. The molecule has 0 bridgehead atoms. The van der Waals surface area contributed by atoms with Gasteiger partial charge in [0.15, 0.2) is 0 Å². The van der Waals surface area contributed by atoms with Crippen LogP contribution in [0.3, 0.4) is 0 Å². The van der Waals surface area contributed by atoms with Gasteiger partial charge in [0, 0.05) is 5.56 Å². The largest absolute Gasteiger partial charge is 0.417 e. The fourth-order valence-electron chi connectivity index (χ4n) is 1.31. The zero-order valence-electron chi connectivity index (χ0n) is 9.02. The number of rotatable bonds is 2. The van der Waals surface area contributed by atoms with Crippen molar-refractivity contribution in [2.45, 2.75) is 20.0 Å². The van der Waals surface area contributed by atoms with Gasteiger partial charge in [-0.25, -0.2) is 0 Å². The van der Waals surface area contributed by atoms with Crippen molar-refractivity contribution in [2.75, 3.05) is 0 Å². The third-order valence-corrected chi connectivity index (χ3v) is 2.33. The molecule has 0 saturated heterocycles. The van der Waals surface area contributed by atoms with Gasteiger partial charge in [-0.2, -0.15) is 13.2 Å². The maximum Gasteiger partial charge on any atom is 0.417 e. The van der Waals surface area contributed by atoms with E-state index >= 15 is 0 Å². The zero-order chi connectivity index (χ0) is 12.3. The van der Waals surface area contributed by atoms with Gasteiger partial charge < -0.3 is 0 Å². The average molecular weight is 227 g/mol. The Kier molecular flexibility index (Phi) is 3.52. The highest BCUT2D eigenvalue weighted by molar-refractivity contribution is 6.11. The Morgan fingerprint density at radius 1 is 1.25 bits per heavy atom. The first-order valence-corrected chi connectivity index (χ1v) is 4.76. The van der Waals surface area contributed by atoms with Crippen molar-refractivity contribution < 1.29 is 13.2 Å². The van der Waals surface area contributed by atoms with Crippen LogP contribution in [0.1, 0.15) is 25.0 Å². The summed E-state index contributed by atoms with van der Waals surface area (Å²) < 4.78 is 38.0. The van der Waals surface area contributed by atoms with Gasteiger partial charge in [-0.1, -0.05) is 24.3 Å². The predicted molar refractivity (Wildman–Crippen MR) is 57.7 cm³/mol. The highest BCUT2D eigenvalue weighted by Gasteiger charge is 2.33. The molecule has 1 rings (SSSR count). The second kappa shape index (κ2) is 4.51. The lowest BCUT2D eigenvalue weighted by Gasteiger charge is -2.13. The van der Waals surface area contributed by atoms with Crippen LogP contribution < -0.4 is 0 Å². The molecule has 0 unspecified atom stereocenters. The van der Waals surface area contributed by atoms with Crippen LogP contribution in [-0.2, 0) is 6.18 Å². The molecule has 1 aromatic carbocycles. The van der Waals surface area contributed by atoms with E-state index in [9.17, 15) is 13.2 Å². The first-order valence-electron chi connectivity index (χ1n) is 4.76. The Morgan fingerprint density at radius 3 is 2.31 bits per heavy atom. The van der Waals surface area contributed by atoms with Crippen LogP contribution in [0.15, 0.2) is 35.9 Å². The third kappa shape index (κ3) is 2.51. The van der Waals surface area contributed by atoms with Gasteiger partial charge in [0.1, 0.15) is 0 Å². The lowest BCUT2D eigenvalue weighted by Crippen LogP contribution is -2.13. The van der Waals surface area contributed by atoms with Crippen molar-refractivity contribution >= 4 is 5.71 Å². The molecule has 4 heteroatoms. The molecule has 0 aliphatic carbocycles. The molecule has 1 nitrogen and oxygen atoms in total. The molecular weight excluding hydrogens is 215 g/mol. The number of hydrogen-bond donors (Lipinski definition) is 1. The summed E-state index contributed by atoms with van der Waals surface area (Å²) in [6, 6.07) is 5.14. The molecule has 0 aromatic heterocycles. The van der Waals surface area contributed by atoms with Gasteiger partial charge in [0.05, 0.1) is 11.3 Å². The van der Waals surface area contributed by atoms with Crippen LogP contribution in [-0.4, -0.2) is 5.71 Å². The van der Waals surface area contributed by atoms with E-state index in [1.165, 1.54) is 18.2 Å². The van der Waals surface area contributed by atoms with Gasteiger partial charge in [0.25, 0.3) is 0 Å². The Bertz CT molecular complexity index is 430. The van der Waals surface area contributed by atoms with Crippen LogP contribution in [0.4, 0.5) is 13.2 Å². The summed E-state index contributed by atoms with van der Waals surface area (Å²) in [5.74, 6) is 0. The van der Waals surface area contributed by atoms with E-state index in [1.54, 1.807) is 19.9 Å². The van der Waals surface area contributed by atoms with E-state index in [-0.39, 0.29) is 11.3 Å². The van der Waals surface area contributed by atoms with Crippen molar-refractivity contribution in [3.05, 3.63) is 47.0 Å². The Morgan fingerprint density at radius 2 is 1.81 bits per heavy atom. The van der Waals surface area contributed by atoms with Crippen molar-refractivity contribution in [3.8, 4) is 0 Å². The number of alkyl halides is 3. The van der Waals surface area contributed by atoms with Crippen LogP contribution in [0.25, 0.3) is 0 Å². The number of benzene rings is 1. The summed E-state index contributed by atoms with van der Waals surface area (Å²) in [5.41, 5.74) is -0.404. The van der Waals surface area contributed by atoms with Gasteiger partial charge >= 0.3 is 6.18 Å². The summed E-state index contributed by atoms with van der Waals surface area (Å²) in [7, 11) is 0. The topological polar surface area (TPSA) is 23.9 Å². The second-order valence-corrected chi connectivity index (χ2v) is 3.39. The predicted octanol–water partition coefficient (Wildman–Crippen LogP) is 4.04. The highest BCUT2D eigenvalue weighted by atomic mass is 19.4. The van der Waals surface area contributed by atoms with Crippen LogP contribution in [0.5, 0.6) is 0 Å². The molecule has 0 heterocycles. The first kappa shape index (κ1) is 12.5. The monoisotopic (exact) mass is 227 g/mol. The molecule has 0 saturated carbocycles. The minimum Gasteiger partial charge on any atom is -0.300 e. The van der Waals surface area contributed by atoms with Crippen molar-refractivity contribution in [1.82, 2.24) is 0 Å². The van der Waals surface area contributed by atoms with Gasteiger partial charge in [-0.05, 0) is 25.5 Å². The Balaban J connectivity index is 3.30. The van der Waals surface area contributed by atoms with Crippen molar-refractivity contribution in [3.63, 3.8) is 0 Å². The smallest absolute Gasteiger partial charge is 0.300 e. The minimum atomic E-state index is -4.42. The maximum atomic E-state index is 12.7. The summed E-state index contributed by atoms with van der Waals surface area (Å²) in [6.07, 6.45) is -2.80. The molecule has 0 radical (unpaired) electrons. The Hall–Kier alpha value is -1.58. The number of hydrogen-bond acceptors (Lipinski definition) is 1. The molecule has 0 aliphatic rings. The quantitative estimate of drug-likeness (QED) is 0.737. The van der Waals surface area contributed by atoms with E-state index in [2.05, 4.69) is 0 Å². The molecule has 1 N–H and O–H groups in total. The molecule has 0 fully saturated rings. The first-order chi connectivity index (χ1) is 7.38. The van der Waals surface area contributed by atoms with Crippen molar-refractivity contribution in [1.29, 1.82) is 5.41 Å². The fourth-order valence-corrected chi connectivity index (χ4v) is 1.31. The fraction of sp³-hybridized carbons (Fsp3) is 0.250. The summed E-state index contributed by atoms with van der Waals surface area (Å²) in [4.78, 5) is 0. The van der Waals surface area contributed by atoms with Crippen LogP contribution in [0.2, 0.25) is 0 Å². The lowest BCUT2D eigenvalue weighted by molar-refractivity contribution is -0.137. The van der Waals surface area contributed by atoms with Gasteiger partial charge in [0.2, 0.25) is 0 Å². The minimum absolute atomic E-state index is 0.0781.